The summed E-state index contributed by atoms with van der Waals surface area (Å²) in [6.07, 6.45) is 1.64. The van der Waals surface area contributed by atoms with Crippen molar-refractivity contribution < 1.29 is 22.8 Å². The Hall–Kier alpha value is -3.20. The highest BCUT2D eigenvalue weighted by molar-refractivity contribution is 7.92. The van der Waals surface area contributed by atoms with Gasteiger partial charge in [0, 0.05) is 11.6 Å². The van der Waals surface area contributed by atoms with Crippen molar-refractivity contribution in [3.8, 4) is 0 Å². The summed E-state index contributed by atoms with van der Waals surface area (Å²) < 4.78 is 25.6. The lowest BCUT2D eigenvalue weighted by Gasteiger charge is -2.24. The first kappa shape index (κ1) is 24.9. The Morgan fingerprint density at radius 2 is 1.74 bits per heavy atom. The molecule has 0 saturated carbocycles. The van der Waals surface area contributed by atoms with Gasteiger partial charge in [-0.05, 0) is 60.6 Å². The van der Waals surface area contributed by atoms with Crippen LogP contribution in [0.25, 0.3) is 0 Å². The molecule has 186 valence electrons. The zero-order valence-corrected chi connectivity index (χ0v) is 21.7. The molecule has 0 aliphatic carbocycles. The minimum atomic E-state index is -3.44. The van der Waals surface area contributed by atoms with Crippen LogP contribution in [-0.2, 0) is 32.2 Å². The van der Waals surface area contributed by atoms with Gasteiger partial charge in [0.05, 0.1) is 18.5 Å². The van der Waals surface area contributed by atoms with E-state index in [4.69, 9.17) is 0 Å². The first-order chi connectivity index (χ1) is 16.1. The molecule has 0 aromatic heterocycles. The van der Waals surface area contributed by atoms with Crippen molar-refractivity contribution in [2.45, 2.75) is 58.0 Å². The number of amides is 3. The number of ketones is 1. The van der Waals surface area contributed by atoms with E-state index in [0.717, 1.165) is 22.3 Å². The predicted molar refractivity (Wildman–Crippen MR) is 134 cm³/mol. The van der Waals surface area contributed by atoms with Crippen LogP contribution in [0.15, 0.2) is 42.5 Å². The van der Waals surface area contributed by atoms with Crippen molar-refractivity contribution in [2.24, 2.45) is 0 Å². The Morgan fingerprint density at radius 3 is 2.31 bits per heavy atom. The average molecular weight is 498 g/mol. The highest BCUT2D eigenvalue weighted by Gasteiger charge is 2.49. The van der Waals surface area contributed by atoms with Crippen LogP contribution in [0.3, 0.4) is 0 Å². The summed E-state index contributed by atoms with van der Waals surface area (Å²) in [5.74, 6) is -0.883. The largest absolute Gasteiger partial charge is 0.325 e. The topological polar surface area (TPSA) is 104 Å². The van der Waals surface area contributed by atoms with Crippen LogP contribution in [0.4, 0.5) is 10.5 Å². The standard InChI is InChI=1S/C26H31N3O5S/c1-16-13-18-14-17(7-12-21(18)29(16)35(6,33)34)22(30)15-28-23(31)26(5,27-24(28)32)20-10-8-19(9-11-20)25(2,3)4/h7-12,14,16H,13,15H2,1-6H3,(H,27,32)/t16-,26-/m0/s1. The van der Waals surface area contributed by atoms with E-state index in [-0.39, 0.29) is 11.5 Å². The molecule has 35 heavy (non-hydrogen) atoms. The number of nitrogens with zero attached hydrogens (tertiary/aromatic N) is 2. The number of sulfonamides is 1. The number of benzene rings is 2. The molecule has 8 nitrogen and oxygen atoms in total. The minimum Gasteiger partial charge on any atom is -0.319 e. The van der Waals surface area contributed by atoms with Crippen molar-refractivity contribution in [1.29, 1.82) is 0 Å². The van der Waals surface area contributed by atoms with Gasteiger partial charge in [0.25, 0.3) is 5.91 Å². The first-order valence-electron chi connectivity index (χ1n) is 11.5. The second-order valence-electron chi connectivity index (χ2n) is 10.7. The highest BCUT2D eigenvalue weighted by atomic mass is 32.2. The number of fused-ring (bicyclic) bond motifs is 1. The molecule has 0 spiro atoms. The molecule has 9 heteroatoms. The molecule has 0 radical (unpaired) electrons. The summed E-state index contributed by atoms with van der Waals surface area (Å²) in [4.78, 5) is 40.0. The number of hydrogen-bond donors (Lipinski definition) is 1. The third-order valence-electron chi connectivity index (χ3n) is 6.82. The number of carbonyl (C=O) groups excluding carboxylic acids is 3. The molecule has 0 bridgehead atoms. The molecule has 2 aromatic carbocycles. The van der Waals surface area contributed by atoms with Crippen LogP contribution in [0.2, 0.25) is 0 Å². The van der Waals surface area contributed by atoms with Crippen molar-refractivity contribution in [1.82, 2.24) is 10.2 Å². The van der Waals surface area contributed by atoms with Gasteiger partial charge in [-0.15, -0.1) is 0 Å². The summed E-state index contributed by atoms with van der Waals surface area (Å²) >= 11 is 0. The highest BCUT2D eigenvalue weighted by Crippen LogP contribution is 2.35. The van der Waals surface area contributed by atoms with Crippen LogP contribution in [-0.4, -0.2) is 49.9 Å². The van der Waals surface area contributed by atoms with Crippen molar-refractivity contribution in [2.75, 3.05) is 17.1 Å². The summed E-state index contributed by atoms with van der Waals surface area (Å²) in [7, 11) is -3.44. The van der Waals surface area contributed by atoms with Gasteiger partial charge in [-0.3, -0.25) is 18.8 Å². The molecule has 4 rings (SSSR count). The van der Waals surface area contributed by atoms with Gasteiger partial charge in [-0.2, -0.15) is 0 Å². The van der Waals surface area contributed by atoms with E-state index in [9.17, 15) is 22.8 Å². The number of urea groups is 1. The van der Waals surface area contributed by atoms with Crippen LogP contribution in [0.5, 0.6) is 0 Å². The fourth-order valence-electron chi connectivity index (χ4n) is 4.86. The van der Waals surface area contributed by atoms with Crippen LogP contribution in [0.1, 0.15) is 61.7 Å². The molecule has 1 saturated heterocycles. The van der Waals surface area contributed by atoms with Crippen LogP contribution >= 0.6 is 0 Å². The first-order valence-corrected chi connectivity index (χ1v) is 13.4. The van der Waals surface area contributed by atoms with Crippen LogP contribution < -0.4 is 9.62 Å². The maximum Gasteiger partial charge on any atom is 0.325 e. The van der Waals surface area contributed by atoms with Gasteiger partial charge in [-0.25, -0.2) is 13.2 Å². The lowest BCUT2D eigenvalue weighted by atomic mass is 9.84. The number of nitrogens with one attached hydrogen (secondary N) is 1. The second kappa shape index (κ2) is 8.19. The van der Waals surface area contributed by atoms with Crippen molar-refractivity contribution >= 4 is 33.4 Å². The van der Waals surface area contributed by atoms with Gasteiger partial charge >= 0.3 is 6.03 Å². The van der Waals surface area contributed by atoms with Gasteiger partial charge in [0.2, 0.25) is 10.0 Å². The summed E-state index contributed by atoms with van der Waals surface area (Å²) in [5.41, 5.74) is 2.06. The minimum absolute atomic E-state index is 0.0488. The third-order valence-corrected chi connectivity index (χ3v) is 8.09. The molecule has 2 aliphatic rings. The van der Waals surface area contributed by atoms with E-state index >= 15 is 0 Å². The summed E-state index contributed by atoms with van der Waals surface area (Å²) in [6, 6.07) is 11.5. The number of imide groups is 1. The molecular weight excluding hydrogens is 466 g/mol. The molecular formula is C26H31N3O5S. The lowest BCUT2D eigenvalue weighted by molar-refractivity contribution is -0.130. The van der Waals surface area contributed by atoms with E-state index in [1.165, 1.54) is 4.31 Å². The maximum absolute atomic E-state index is 13.3. The lowest BCUT2D eigenvalue weighted by Crippen LogP contribution is -2.41. The smallest absolute Gasteiger partial charge is 0.319 e. The Bertz CT molecular complexity index is 1330. The molecule has 2 atom stereocenters. The van der Waals surface area contributed by atoms with Gasteiger partial charge < -0.3 is 5.32 Å². The van der Waals surface area contributed by atoms with Gasteiger partial charge in [0.15, 0.2) is 5.78 Å². The number of anilines is 1. The SMILES string of the molecule is C[C@H]1Cc2cc(C(=O)CN3C(=O)N[C@@](C)(c4ccc(C(C)(C)C)cc4)C3=O)ccc2N1S(C)(=O)=O. The van der Waals surface area contributed by atoms with E-state index < -0.39 is 39.8 Å². The molecule has 0 unspecified atom stereocenters. The van der Waals surface area contributed by atoms with E-state index in [1.54, 1.807) is 25.1 Å². The van der Waals surface area contributed by atoms with E-state index in [1.807, 2.05) is 31.2 Å². The number of carbonyl (C=O) groups is 3. The molecule has 1 N–H and O–H groups in total. The Kier molecular flexibility index (Phi) is 5.83. The third kappa shape index (κ3) is 4.33. The predicted octanol–water partition coefficient (Wildman–Crippen LogP) is 3.34. The van der Waals surface area contributed by atoms with Gasteiger partial charge in [0.1, 0.15) is 5.54 Å². The Balaban J connectivity index is 1.55. The van der Waals surface area contributed by atoms with Crippen molar-refractivity contribution in [3.63, 3.8) is 0 Å². The maximum atomic E-state index is 13.3. The van der Waals surface area contributed by atoms with Crippen LogP contribution in [0, 0.1) is 0 Å². The average Bonchev–Trinajstić information content (AvgIpc) is 3.21. The van der Waals surface area contributed by atoms with E-state index in [0.29, 0.717) is 23.2 Å². The van der Waals surface area contributed by atoms with E-state index in [2.05, 4.69) is 26.1 Å². The Labute approximate surface area is 206 Å². The molecule has 1 fully saturated rings. The zero-order valence-electron chi connectivity index (χ0n) is 20.9. The number of hydrogen-bond acceptors (Lipinski definition) is 5. The quantitative estimate of drug-likeness (QED) is 0.504. The number of rotatable bonds is 5. The summed E-state index contributed by atoms with van der Waals surface area (Å²) in [6.45, 7) is 9.34. The van der Waals surface area contributed by atoms with Crippen molar-refractivity contribution in [3.05, 3.63) is 64.7 Å². The normalized spacial score (nSPS) is 22.4. The van der Waals surface area contributed by atoms with Gasteiger partial charge in [-0.1, -0.05) is 45.0 Å². The second-order valence-corrected chi connectivity index (χ2v) is 12.5. The number of Topliss-reactive ketones (excluding diaryl/α,β-unsaturated/α-hetero) is 1. The molecule has 2 aromatic rings. The summed E-state index contributed by atoms with van der Waals surface area (Å²) in [5, 5.41) is 2.74. The molecule has 3 amide bonds. The zero-order chi connectivity index (χ0) is 25.9. The fourth-order valence-corrected chi connectivity index (χ4v) is 6.12. The molecule has 2 aliphatic heterocycles. The molecule has 2 heterocycles. The fraction of sp³-hybridized carbons (Fsp3) is 0.423. The Morgan fingerprint density at radius 1 is 1.11 bits per heavy atom. The monoisotopic (exact) mass is 497 g/mol.